The number of hydrogen-bond donors (Lipinski definition) is 4. The number of nitrogens with one attached hydrogen (secondary N) is 2. The number of nitrogens with two attached hydrogens (primary N) is 1. The molecule has 0 saturated heterocycles. The number of carbonyl (C=O) groups is 1. The molecule has 31 heavy (non-hydrogen) atoms. The molecule has 3 aromatic carbocycles. The molecule has 0 aliphatic carbocycles. The first kappa shape index (κ1) is 21.4. The Kier molecular flexibility index (Phi) is 6.56. The molecule has 0 fully saturated rings. The Bertz CT molecular complexity index is 1090. The zero-order chi connectivity index (χ0) is 21.8. The van der Waals surface area contributed by atoms with Crippen LogP contribution in [0.2, 0.25) is 5.02 Å². The maximum absolute atomic E-state index is 12.7. The molecule has 3 aromatic rings. The van der Waals surface area contributed by atoms with Crippen LogP contribution < -0.4 is 21.3 Å². The van der Waals surface area contributed by atoms with Gasteiger partial charge in [0.15, 0.2) is 5.50 Å². The van der Waals surface area contributed by atoms with E-state index in [0.29, 0.717) is 24.5 Å². The van der Waals surface area contributed by atoms with Crippen molar-refractivity contribution in [3.05, 3.63) is 82.9 Å². The maximum Gasteiger partial charge on any atom is 0.317 e. The van der Waals surface area contributed by atoms with Gasteiger partial charge in [-0.2, -0.15) is 0 Å². The van der Waals surface area contributed by atoms with Gasteiger partial charge < -0.3 is 26.4 Å². The highest BCUT2D eigenvalue weighted by molar-refractivity contribution is 8.00. The number of carbonyl (C=O) groups excluding carboxylic acids is 1. The molecule has 1 aliphatic rings. The average molecular weight is 455 g/mol. The number of rotatable bonds is 6. The van der Waals surface area contributed by atoms with E-state index in [1.165, 1.54) is 0 Å². The normalized spacial score (nSPS) is 14.9. The lowest BCUT2D eigenvalue weighted by Gasteiger charge is -2.30. The second kappa shape index (κ2) is 9.51. The van der Waals surface area contributed by atoms with Crippen LogP contribution in [0.3, 0.4) is 0 Å². The van der Waals surface area contributed by atoms with E-state index in [2.05, 4.69) is 10.6 Å². The summed E-state index contributed by atoms with van der Waals surface area (Å²) in [4.78, 5) is 15.7. The number of phenolic OH excluding ortho intramolecular Hbond substituents is 1. The molecule has 160 valence electrons. The zero-order valence-corrected chi connectivity index (χ0v) is 18.3. The van der Waals surface area contributed by atoms with Crippen LogP contribution in [0.5, 0.6) is 5.75 Å². The number of amides is 2. The molecule has 0 aromatic heterocycles. The van der Waals surface area contributed by atoms with Crippen LogP contribution in [0.15, 0.2) is 71.6 Å². The van der Waals surface area contributed by atoms with E-state index in [9.17, 15) is 9.90 Å². The number of anilines is 2. The quantitative estimate of drug-likeness (QED) is 0.438. The fraction of sp³-hybridized carbons (Fsp3) is 0.174. The maximum atomic E-state index is 12.7. The van der Waals surface area contributed by atoms with E-state index >= 15 is 0 Å². The van der Waals surface area contributed by atoms with Crippen molar-refractivity contribution >= 4 is 40.8 Å². The van der Waals surface area contributed by atoms with Crippen LogP contribution in [0.1, 0.15) is 11.1 Å². The third-order valence-corrected chi connectivity index (χ3v) is 6.51. The van der Waals surface area contributed by atoms with Gasteiger partial charge in [-0.15, -0.1) is 0 Å². The number of halogens is 1. The number of fused-ring (bicyclic) bond motifs is 1. The lowest BCUT2D eigenvalue weighted by Crippen LogP contribution is -2.47. The number of urea groups is 1. The third-order valence-electron chi connectivity index (χ3n) is 5.06. The molecule has 8 heteroatoms. The highest BCUT2D eigenvalue weighted by Crippen LogP contribution is 2.49. The fourth-order valence-corrected chi connectivity index (χ4v) is 5.04. The van der Waals surface area contributed by atoms with Crippen LogP contribution >= 0.6 is 23.4 Å². The molecule has 1 unspecified atom stereocenters. The Morgan fingerprint density at radius 2 is 1.81 bits per heavy atom. The van der Waals surface area contributed by atoms with E-state index in [1.54, 1.807) is 23.9 Å². The van der Waals surface area contributed by atoms with Crippen molar-refractivity contribution in [1.29, 1.82) is 0 Å². The van der Waals surface area contributed by atoms with Gasteiger partial charge in [0.2, 0.25) is 0 Å². The minimum atomic E-state index is -0.382. The molecule has 1 atom stereocenters. The third kappa shape index (κ3) is 4.58. The van der Waals surface area contributed by atoms with Crippen LogP contribution in [-0.2, 0) is 13.0 Å². The molecule has 1 heterocycles. The lowest BCUT2D eigenvalue weighted by atomic mass is 10.1. The van der Waals surface area contributed by atoms with Crippen molar-refractivity contribution in [1.82, 2.24) is 10.6 Å². The monoisotopic (exact) mass is 454 g/mol. The van der Waals surface area contributed by atoms with Crippen molar-refractivity contribution in [3.8, 4) is 5.75 Å². The van der Waals surface area contributed by atoms with Crippen molar-refractivity contribution in [3.63, 3.8) is 0 Å². The molecule has 6 nitrogen and oxygen atoms in total. The SMILES string of the molecule is NCc1cccc(Cl)c1N1c2ccccc2SC1NC(=O)NCCc1ccccc1O. The number of nitrogens with zero attached hydrogens (tertiary/aromatic N) is 1. The lowest BCUT2D eigenvalue weighted by molar-refractivity contribution is 0.240. The van der Waals surface area contributed by atoms with Gasteiger partial charge in [0.25, 0.3) is 0 Å². The van der Waals surface area contributed by atoms with Crippen molar-refractivity contribution < 1.29 is 9.90 Å². The van der Waals surface area contributed by atoms with Crippen molar-refractivity contribution in [2.45, 2.75) is 23.4 Å². The number of thioether (sulfide) groups is 1. The van der Waals surface area contributed by atoms with Gasteiger partial charge in [-0.3, -0.25) is 0 Å². The Morgan fingerprint density at radius 3 is 2.61 bits per heavy atom. The second-order valence-electron chi connectivity index (χ2n) is 7.04. The number of para-hydroxylation sites is 3. The summed E-state index contributed by atoms with van der Waals surface area (Å²) in [7, 11) is 0. The molecule has 4 rings (SSSR count). The van der Waals surface area contributed by atoms with Gasteiger partial charge in [0.05, 0.1) is 16.4 Å². The minimum Gasteiger partial charge on any atom is -0.508 e. The van der Waals surface area contributed by atoms with E-state index < -0.39 is 0 Å². The molecular weight excluding hydrogens is 432 g/mol. The largest absolute Gasteiger partial charge is 0.508 e. The van der Waals surface area contributed by atoms with E-state index in [-0.39, 0.29) is 17.3 Å². The Morgan fingerprint density at radius 1 is 1.06 bits per heavy atom. The fourth-order valence-electron chi connectivity index (χ4n) is 3.58. The molecular formula is C23H23ClN4O2S. The van der Waals surface area contributed by atoms with Crippen LogP contribution in [0, 0.1) is 0 Å². The summed E-state index contributed by atoms with van der Waals surface area (Å²) in [6, 6.07) is 20.4. The summed E-state index contributed by atoms with van der Waals surface area (Å²) in [5.41, 5.74) is 9.04. The van der Waals surface area contributed by atoms with Gasteiger partial charge in [0.1, 0.15) is 5.75 Å². The van der Waals surface area contributed by atoms with Crippen molar-refractivity contribution in [2.24, 2.45) is 5.73 Å². The first-order chi connectivity index (χ1) is 15.1. The molecule has 0 saturated carbocycles. The smallest absolute Gasteiger partial charge is 0.317 e. The Hall–Kier alpha value is -2.87. The average Bonchev–Trinajstić information content (AvgIpc) is 3.12. The Balaban J connectivity index is 1.51. The van der Waals surface area contributed by atoms with Gasteiger partial charge >= 0.3 is 6.03 Å². The summed E-state index contributed by atoms with van der Waals surface area (Å²) in [6.07, 6.45) is 0.531. The van der Waals surface area contributed by atoms with E-state index in [1.807, 2.05) is 59.5 Å². The van der Waals surface area contributed by atoms with Crippen molar-refractivity contribution in [2.75, 3.05) is 11.4 Å². The number of hydrogen-bond acceptors (Lipinski definition) is 5. The van der Waals surface area contributed by atoms with Gasteiger partial charge in [-0.25, -0.2) is 4.79 Å². The predicted molar refractivity (Wildman–Crippen MR) is 126 cm³/mol. The predicted octanol–water partition coefficient (Wildman–Crippen LogP) is 4.57. The summed E-state index contributed by atoms with van der Waals surface area (Å²) in [5.74, 6) is 0.228. The summed E-state index contributed by atoms with van der Waals surface area (Å²) < 4.78 is 0. The summed E-state index contributed by atoms with van der Waals surface area (Å²) in [6.45, 7) is 0.729. The topological polar surface area (TPSA) is 90.6 Å². The molecule has 5 N–H and O–H groups in total. The van der Waals surface area contributed by atoms with Gasteiger partial charge in [-0.1, -0.05) is 65.8 Å². The highest BCUT2D eigenvalue weighted by atomic mass is 35.5. The molecule has 0 spiro atoms. The second-order valence-corrected chi connectivity index (χ2v) is 8.57. The zero-order valence-electron chi connectivity index (χ0n) is 16.7. The Labute approximate surface area is 190 Å². The standard InChI is InChI=1S/C23H23ClN4O2S/c24-17-8-5-7-16(14-25)21(17)28-18-9-2-4-11-20(18)31-23(28)27-22(30)26-13-12-15-6-1-3-10-19(15)29/h1-11,23,29H,12-14,25H2,(H2,26,27,30). The highest BCUT2D eigenvalue weighted by Gasteiger charge is 2.34. The van der Waals surface area contributed by atoms with E-state index in [0.717, 1.165) is 27.4 Å². The number of aromatic hydroxyl groups is 1. The molecule has 2 amide bonds. The first-order valence-electron chi connectivity index (χ1n) is 9.92. The number of phenols is 1. The van der Waals surface area contributed by atoms with Crippen LogP contribution in [0.4, 0.5) is 16.2 Å². The van der Waals surface area contributed by atoms with Crippen LogP contribution in [-0.4, -0.2) is 23.2 Å². The van der Waals surface area contributed by atoms with Crippen LogP contribution in [0.25, 0.3) is 0 Å². The summed E-state index contributed by atoms with van der Waals surface area (Å²) in [5, 5.41) is 16.4. The molecule has 0 bridgehead atoms. The van der Waals surface area contributed by atoms with Gasteiger partial charge in [0, 0.05) is 18.0 Å². The first-order valence-corrected chi connectivity index (χ1v) is 11.2. The number of benzene rings is 3. The minimum absolute atomic E-state index is 0.228. The summed E-state index contributed by atoms with van der Waals surface area (Å²) >= 11 is 8.11. The van der Waals surface area contributed by atoms with Gasteiger partial charge in [-0.05, 0) is 41.8 Å². The van der Waals surface area contributed by atoms with E-state index in [4.69, 9.17) is 17.3 Å². The molecule has 1 aliphatic heterocycles. The molecule has 0 radical (unpaired) electrons.